The summed E-state index contributed by atoms with van der Waals surface area (Å²) >= 11 is 0. The van der Waals surface area contributed by atoms with Gasteiger partial charge in [0.15, 0.2) is 0 Å². The van der Waals surface area contributed by atoms with Crippen molar-refractivity contribution in [2.24, 2.45) is 0 Å². The molecule has 1 amide bonds. The number of ether oxygens (including phenoxy) is 3. The van der Waals surface area contributed by atoms with Gasteiger partial charge in [-0.25, -0.2) is 9.59 Å². The molecule has 0 radical (unpaired) electrons. The van der Waals surface area contributed by atoms with Gasteiger partial charge in [0.25, 0.3) is 0 Å². The Bertz CT molecular complexity index is 842. The Hall–Kier alpha value is -3.02. The fourth-order valence-corrected chi connectivity index (χ4v) is 2.78. The Morgan fingerprint density at radius 1 is 1.03 bits per heavy atom. The Kier molecular flexibility index (Phi) is 8.27. The zero-order valence-corrected chi connectivity index (χ0v) is 18.4. The molecule has 0 saturated carbocycles. The zero-order chi connectivity index (χ0) is 22.1. The molecular formula is C24H31NO5. The predicted molar refractivity (Wildman–Crippen MR) is 115 cm³/mol. The van der Waals surface area contributed by atoms with E-state index in [1.165, 1.54) is 0 Å². The molecule has 0 heterocycles. The molecule has 2 rings (SSSR count). The van der Waals surface area contributed by atoms with Gasteiger partial charge in [-0.15, -0.1) is 0 Å². The van der Waals surface area contributed by atoms with E-state index in [9.17, 15) is 9.59 Å². The molecular weight excluding hydrogens is 382 g/mol. The number of carbonyl (C=O) groups is 2. The van der Waals surface area contributed by atoms with E-state index >= 15 is 0 Å². The van der Waals surface area contributed by atoms with Crippen LogP contribution in [-0.2, 0) is 20.9 Å². The van der Waals surface area contributed by atoms with Crippen molar-refractivity contribution in [3.63, 3.8) is 0 Å². The Balaban J connectivity index is 1.98. The minimum Gasteiger partial charge on any atom is -0.493 e. The van der Waals surface area contributed by atoms with E-state index in [2.05, 4.69) is 5.32 Å². The van der Waals surface area contributed by atoms with E-state index in [0.29, 0.717) is 0 Å². The van der Waals surface area contributed by atoms with Crippen molar-refractivity contribution in [2.75, 3.05) is 6.61 Å². The van der Waals surface area contributed by atoms with Crippen molar-refractivity contribution in [1.82, 2.24) is 5.32 Å². The molecule has 1 atom stereocenters. The van der Waals surface area contributed by atoms with Gasteiger partial charge in [0.05, 0.1) is 6.61 Å². The molecule has 0 bridgehead atoms. The molecule has 1 N–H and O–H groups in total. The van der Waals surface area contributed by atoms with E-state index < -0.39 is 23.7 Å². The van der Waals surface area contributed by atoms with Crippen LogP contribution in [0.3, 0.4) is 0 Å². The number of nitrogens with one attached hydrogen (secondary N) is 1. The smallest absolute Gasteiger partial charge is 0.408 e. The minimum atomic E-state index is -0.880. The number of carbonyl (C=O) groups excluding carboxylic acids is 2. The number of alkyl carbamates (subject to hydrolysis) is 1. The van der Waals surface area contributed by atoms with Crippen molar-refractivity contribution >= 4 is 12.1 Å². The van der Waals surface area contributed by atoms with Gasteiger partial charge in [-0.2, -0.15) is 0 Å². The molecule has 2 aromatic carbocycles. The Morgan fingerprint density at radius 2 is 1.73 bits per heavy atom. The third-order valence-corrected chi connectivity index (χ3v) is 4.19. The maximum Gasteiger partial charge on any atom is 0.408 e. The number of rotatable bonds is 8. The highest BCUT2D eigenvalue weighted by atomic mass is 16.6. The molecule has 0 aliphatic carbocycles. The highest BCUT2D eigenvalue weighted by molar-refractivity contribution is 5.81. The first-order valence-electron chi connectivity index (χ1n) is 10.0. The molecule has 6 heteroatoms. The van der Waals surface area contributed by atoms with Crippen LogP contribution >= 0.6 is 0 Å². The second kappa shape index (κ2) is 10.7. The number of amides is 1. The largest absolute Gasteiger partial charge is 0.493 e. The number of hydrogen-bond acceptors (Lipinski definition) is 5. The maximum atomic E-state index is 12.6. The standard InChI is InChI=1S/C24H31NO5/c1-17-11-12-21(18(2)15-17)28-14-13-20(25-23(27)30-24(3,4)5)22(26)29-16-19-9-7-6-8-10-19/h6-12,15,20H,13-14,16H2,1-5H3,(H,25,27)/t20-/m0/s1. The lowest BCUT2D eigenvalue weighted by atomic mass is 10.1. The molecule has 0 spiro atoms. The monoisotopic (exact) mass is 413 g/mol. The first-order chi connectivity index (χ1) is 14.1. The number of aryl methyl sites for hydroxylation is 2. The van der Waals surface area contributed by atoms with E-state index in [1.54, 1.807) is 20.8 Å². The van der Waals surface area contributed by atoms with Gasteiger partial charge in [-0.05, 0) is 51.8 Å². The molecule has 6 nitrogen and oxygen atoms in total. The third kappa shape index (κ3) is 8.15. The SMILES string of the molecule is Cc1ccc(OCC[C@H](NC(=O)OC(C)(C)C)C(=O)OCc2ccccc2)c(C)c1. The first kappa shape index (κ1) is 23.3. The van der Waals surface area contributed by atoms with Crippen LogP contribution in [0.5, 0.6) is 5.75 Å². The van der Waals surface area contributed by atoms with Gasteiger partial charge < -0.3 is 19.5 Å². The van der Waals surface area contributed by atoms with E-state index in [1.807, 2.05) is 62.4 Å². The van der Waals surface area contributed by atoms with Crippen LogP contribution in [0.1, 0.15) is 43.9 Å². The topological polar surface area (TPSA) is 73.9 Å². The first-order valence-corrected chi connectivity index (χ1v) is 10.0. The zero-order valence-electron chi connectivity index (χ0n) is 18.4. The summed E-state index contributed by atoms with van der Waals surface area (Å²) in [4.78, 5) is 24.8. The van der Waals surface area contributed by atoms with Crippen LogP contribution in [-0.4, -0.2) is 30.3 Å². The Morgan fingerprint density at radius 3 is 2.37 bits per heavy atom. The number of hydrogen-bond donors (Lipinski definition) is 1. The number of esters is 1. The van der Waals surface area contributed by atoms with Crippen LogP contribution < -0.4 is 10.1 Å². The van der Waals surface area contributed by atoms with Crippen LogP contribution in [0.25, 0.3) is 0 Å². The lowest BCUT2D eigenvalue weighted by molar-refractivity contribution is -0.147. The Labute approximate surface area is 178 Å². The van der Waals surface area contributed by atoms with E-state index in [-0.39, 0.29) is 19.6 Å². The fraction of sp³-hybridized carbons (Fsp3) is 0.417. The van der Waals surface area contributed by atoms with Gasteiger partial charge in [0.1, 0.15) is 24.0 Å². The normalized spacial score (nSPS) is 12.0. The van der Waals surface area contributed by atoms with Gasteiger partial charge in [0.2, 0.25) is 0 Å². The molecule has 0 unspecified atom stereocenters. The summed E-state index contributed by atoms with van der Waals surface area (Å²) < 4.78 is 16.5. The summed E-state index contributed by atoms with van der Waals surface area (Å²) in [7, 11) is 0. The predicted octanol–water partition coefficient (Wildman–Crippen LogP) is 4.71. The molecule has 0 fully saturated rings. The molecule has 0 saturated heterocycles. The summed E-state index contributed by atoms with van der Waals surface area (Å²) in [6.07, 6.45) is -0.420. The summed E-state index contributed by atoms with van der Waals surface area (Å²) in [5, 5.41) is 2.60. The average Bonchev–Trinajstić information content (AvgIpc) is 2.66. The molecule has 0 aliphatic heterocycles. The lowest BCUT2D eigenvalue weighted by Crippen LogP contribution is -2.45. The van der Waals surface area contributed by atoms with Crippen LogP contribution in [0.2, 0.25) is 0 Å². The molecule has 2 aromatic rings. The van der Waals surface area contributed by atoms with E-state index in [4.69, 9.17) is 14.2 Å². The summed E-state index contributed by atoms with van der Waals surface area (Å²) in [6.45, 7) is 9.64. The van der Waals surface area contributed by atoms with Gasteiger partial charge in [-0.1, -0.05) is 48.0 Å². The third-order valence-electron chi connectivity index (χ3n) is 4.19. The fourth-order valence-electron chi connectivity index (χ4n) is 2.78. The summed E-state index contributed by atoms with van der Waals surface area (Å²) in [5.41, 5.74) is 2.36. The highest BCUT2D eigenvalue weighted by Gasteiger charge is 2.25. The highest BCUT2D eigenvalue weighted by Crippen LogP contribution is 2.19. The minimum absolute atomic E-state index is 0.129. The molecule has 30 heavy (non-hydrogen) atoms. The molecule has 162 valence electrons. The molecule has 0 aliphatic rings. The van der Waals surface area contributed by atoms with Crippen molar-refractivity contribution < 1.29 is 23.8 Å². The lowest BCUT2D eigenvalue weighted by Gasteiger charge is -2.23. The quantitative estimate of drug-likeness (QED) is 0.635. The second-order valence-electron chi connectivity index (χ2n) is 8.20. The van der Waals surface area contributed by atoms with Crippen molar-refractivity contribution in [2.45, 2.75) is 59.3 Å². The summed E-state index contributed by atoms with van der Waals surface area (Å²) in [6, 6.07) is 14.4. The van der Waals surface area contributed by atoms with Gasteiger partial charge >= 0.3 is 12.1 Å². The van der Waals surface area contributed by atoms with Crippen LogP contribution in [0.4, 0.5) is 4.79 Å². The van der Waals surface area contributed by atoms with Gasteiger partial charge in [0, 0.05) is 6.42 Å². The maximum absolute atomic E-state index is 12.6. The van der Waals surface area contributed by atoms with Crippen molar-refractivity contribution in [3.8, 4) is 5.75 Å². The van der Waals surface area contributed by atoms with Crippen LogP contribution in [0, 0.1) is 13.8 Å². The second-order valence-corrected chi connectivity index (χ2v) is 8.20. The molecule has 0 aromatic heterocycles. The number of benzene rings is 2. The summed E-state index contributed by atoms with van der Waals surface area (Å²) in [5.74, 6) is 0.211. The van der Waals surface area contributed by atoms with Gasteiger partial charge in [-0.3, -0.25) is 0 Å². The van der Waals surface area contributed by atoms with Crippen molar-refractivity contribution in [1.29, 1.82) is 0 Å². The van der Waals surface area contributed by atoms with Crippen molar-refractivity contribution in [3.05, 3.63) is 65.2 Å². The van der Waals surface area contributed by atoms with Crippen LogP contribution in [0.15, 0.2) is 48.5 Å². The van der Waals surface area contributed by atoms with E-state index in [0.717, 1.165) is 22.4 Å². The average molecular weight is 414 g/mol.